The first-order valence-electron chi connectivity index (χ1n) is 10.3. The minimum atomic E-state index is -1.14. The minimum absolute atomic E-state index is 0.144. The zero-order valence-corrected chi connectivity index (χ0v) is 17.1. The Bertz CT molecular complexity index is 736. The molecule has 1 aliphatic carbocycles. The molecule has 6 nitrogen and oxygen atoms in total. The maximum atomic E-state index is 13.0. The van der Waals surface area contributed by atoms with Gasteiger partial charge in [-0.25, -0.2) is 4.79 Å². The fourth-order valence-electron chi connectivity index (χ4n) is 4.08. The number of rotatable bonds is 5. The minimum Gasteiger partial charge on any atom is -0.352 e. The van der Waals surface area contributed by atoms with Gasteiger partial charge in [-0.3, -0.25) is 14.5 Å². The van der Waals surface area contributed by atoms with Crippen LogP contribution in [0, 0.1) is 0 Å². The summed E-state index contributed by atoms with van der Waals surface area (Å²) in [4.78, 5) is 38.9. The molecule has 2 fully saturated rings. The molecule has 4 amide bonds. The monoisotopic (exact) mass is 385 g/mol. The van der Waals surface area contributed by atoms with Crippen LogP contribution >= 0.6 is 0 Å². The van der Waals surface area contributed by atoms with E-state index in [9.17, 15) is 14.4 Å². The molecule has 0 bridgehead atoms. The van der Waals surface area contributed by atoms with Crippen LogP contribution in [0.25, 0.3) is 0 Å². The number of hydrogen-bond acceptors (Lipinski definition) is 3. The number of hydrogen-bond donors (Lipinski definition) is 2. The first-order chi connectivity index (χ1) is 13.3. The molecule has 1 atom stereocenters. The second-order valence-electron chi connectivity index (χ2n) is 8.48. The molecule has 1 aromatic carbocycles. The van der Waals surface area contributed by atoms with Gasteiger partial charge in [0.05, 0.1) is 0 Å². The van der Waals surface area contributed by atoms with Crippen LogP contribution in [-0.2, 0) is 15.1 Å². The average Bonchev–Trinajstić information content (AvgIpc) is 2.85. The number of nitrogens with one attached hydrogen (secondary N) is 2. The van der Waals surface area contributed by atoms with Gasteiger partial charge >= 0.3 is 6.03 Å². The Morgan fingerprint density at radius 2 is 1.75 bits per heavy atom. The number of imide groups is 1. The largest absolute Gasteiger partial charge is 0.352 e. The summed E-state index contributed by atoms with van der Waals surface area (Å²) < 4.78 is 0. The highest BCUT2D eigenvalue weighted by Crippen LogP contribution is 2.30. The van der Waals surface area contributed by atoms with Gasteiger partial charge in [0.15, 0.2) is 0 Å². The topological polar surface area (TPSA) is 78.5 Å². The Kier molecular flexibility index (Phi) is 6.06. The Morgan fingerprint density at radius 1 is 1.14 bits per heavy atom. The van der Waals surface area contributed by atoms with Crippen LogP contribution in [0.2, 0.25) is 0 Å². The lowest BCUT2D eigenvalue weighted by Crippen LogP contribution is -2.45. The number of carbonyl (C=O) groups excluding carboxylic acids is 3. The zero-order valence-electron chi connectivity index (χ0n) is 17.1. The van der Waals surface area contributed by atoms with Gasteiger partial charge in [-0.2, -0.15) is 0 Å². The molecule has 0 aromatic heterocycles. The van der Waals surface area contributed by atoms with Gasteiger partial charge in [-0.05, 0) is 36.8 Å². The van der Waals surface area contributed by atoms with Crippen LogP contribution in [0.15, 0.2) is 24.3 Å². The number of carbonyl (C=O) groups is 3. The summed E-state index contributed by atoms with van der Waals surface area (Å²) in [5, 5.41) is 5.77. The molecular formula is C22H31N3O3. The van der Waals surface area contributed by atoms with E-state index in [1.165, 1.54) is 18.4 Å². The molecule has 0 radical (unpaired) electrons. The molecule has 3 rings (SSSR count). The first-order valence-corrected chi connectivity index (χ1v) is 10.3. The van der Waals surface area contributed by atoms with E-state index in [0.29, 0.717) is 5.92 Å². The highest BCUT2D eigenvalue weighted by atomic mass is 16.2. The third kappa shape index (κ3) is 4.21. The summed E-state index contributed by atoms with van der Waals surface area (Å²) in [6.07, 6.45) is 6.55. The second-order valence-corrected chi connectivity index (χ2v) is 8.48. The van der Waals surface area contributed by atoms with Crippen LogP contribution in [-0.4, -0.2) is 35.3 Å². The highest BCUT2D eigenvalue weighted by Gasteiger charge is 2.49. The van der Waals surface area contributed by atoms with E-state index >= 15 is 0 Å². The van der Waals surface area contributed by atoms with Gasteiger partial charge in [0.2, 0.25) is 5.91 Å². The van der Waals surface area contributed by atoms with Crippen molar-refractivity contribution in [1.29, 1.82) is 0 Å². The maximum Gasteiger partial charge on any atom is 0.325 e. The summed E-state index contributed by atoms with van der Waals surface area (Å²) in [5.41, 5.74) is 0.750. The Labute approximate surface area is 167 Å². The van der Waals surface area contributed by atoms with E-state index in [4.69, 9.17) is 0 Å². The molecule has 28 heavy (non-hydrogen) atoms. The van der Waals surface area contributed by atoms with Crippen molar-refractivity contribution in [2.45, 2.75) is 76.8 Å². The van der Waals surface area contributed by atoms with Crippen molar-refractivity contribution in [1.82, 2.24) is 15.5 Å². The standard InChI is InChI=1S/C22H31N3O3/c1-15(2)16-10-12-17(13-11-16)22(3)20(27)25(21(28)24-22)14-19(26)23-18-8-6-4-5-7-9-18/h10-13,15,18H,4-9,14H2,1-3H3,(H,23,26)(H,24,28). The molecular weight excluding hydrogens is 354 g/mol. The fraction of sp³-hybridized carbons (Fsp3) is 0.591. The number of amides is 4. The lowest BCUT2D eigenvalue weighted by Gasteiger charge is -2.23. The molecule has 1 saturated heterocycles. The predicted molar refractivity (Wildman–Crippen MR) is 108 cm³/mol. The quantitative estimate of drug-likeness (QED) is 0.602. The summed E-state index contributed by atoms with van der Waals surface area (Å²) in [6, 6.07) is 7.34. The smallest absolute Gasteiger partial charge is 0.325 e. The number of nitrogens with zero attached hydrogens (tertiary/aromatic N) is 1. The lowest BCUT2D eigenvalue weighted by atomic mass is 9.90. The molecule has 2 N–H and O–H groups in total. The summed E-state index contributed by atoms with van der Waals surface area (Å²) >= 11 is 0. The Morgan fingerprint density at radius 3 is 2.32 bits per heavy atom. The van der Waals surface area contributed by atoms with E-state index < -0.39 is 11.6 Å². The van der Waals surface area contributed by atoms with E-state index in [1.807, 2.05) is 24.3 Å². The molecule has 1 aromatic rings. The Balaban J connectivity index is 1.67. The highest BCUT2D eigenvalue weighted by molar-refractivity contribution is 6.09. The first kappa shape index (κ1) is 20.4. The molecule has 1 aliphatic heterocycles. The van der Waals surface area contributed by atoms with Gasteiger partial charge in [-0.1, -0.05) is 63.8 Å². The maximum absolute atomic E-state index is 13.0. The zero-order chi connectivity index (χ0) is 20.3. The van der Waals surface area contributed by atoms with E-state index in [-0.39, 0.29) is 24.4 Å². The number of urea groups is 1. The number of benzene rings is 1. The van der Waals surface area contributed by atoms with Gasteiger partial charge in [-0.15, -0.1) is 0 Å². The van der Waals surface area contributed by atoms with E-state index in [0.717, 1.165) is 36.1 Å². The molecule has 1 heterocycles. The van der Waals surface area contributed by atoms with Gasteiger partial charge in [0.25, 0.3) is 5.91 Å². The average molecular weight is 386 g/mol. The molecule has 6 heteroatoms. The van der Waals surface area contributed by atoms with Crippen molar-refractivity contribution in [3.05, 3.63) is 35.4 Å². The van der Waals surface area contributed by atoms with Crippen molar-refractivity contribution < 1.29 is 14.4 Å². The summed E-state index contributed by atoms with van der Waals surface area (Å²) in [7, 11) is 0. The van der Waals surface area contributed by atoms with Crippen LogP contribution in [0.5, 0.6) is 0 Å². The van der Waals surface area contributed by atoms with Crippen molar-refractivity contribution in [2.24, 2.45) is 0 Å². The molecule has 2 aliphatic rings. The van der Waals surface area contributed by atoms with Crippen molar-refractivity contribution >= 4 is 17.8 Å². The summed E-state index contributed by atoms with van der Waals surface area (Å²) in [5.74, 6) is -0.263. The van der Waals surface area contributed by atoms with Crippen LogP contribution < -0.4 is 10.6 Å². The van der Waals surface area contributed by atoms with Crippen molar-refractivity contribution in [3.8, 4) is 0 Å². The molecule has 1 saturated carbocycles. The van der Waals surface area contributed by atoms with Gasteiger partial charge < -0.3 is 10.6 Å². The molecule has 0 spiro atoms. The predicted octanol–water partition coefficient (Wildman–Crippen LogP) is 3.42. The fourth-order valence-corrected chi connectivity index (χ4v) is 4.08. The normalized spacial score (nSPS) is 23.6. The van der Waals surface area contributed by atoms with Gasteiger partial charge in [0.1, 0.15) is 12.1 Å². The Hall–Kier alpha value is -2.37. The van der Waals surface area contributed by atoms with Crippen LogP contribution in [0.4, 0.5) is 4.79 Å². The van der Waals surface area contributed by atoms with E-state index in [1.54, 1.807) is 6.92 Å². The van der Waals surface area contributed by atoms with Gasteiger partial charge in [0, 0.05) is 6.04 Å². The van der Waals surface area contributed by atoms with Crippen molar-refractivity contribution in [2.75, 3.05) is 6.54 Å². The second kappa shape index (κ2) is 8.33. The van der Waals surface area contributed by atoms with Crippen LogP contribution in [0.1, 0.15) is 76.3 Å². The molecule has 1 unspecified atom stereocenters. The van der Waals surface area contributed by atoms with Crippen molar-refractivity contribution in [3.63, 3.8) is 0 Å². The third-order valence-corrected chi connectivity index (χ3v) is 5.95. The van der Waals surface area contributed by atoms with Crippen LogP contribution in [0.3, 0.4) is 0 Å². The SMILES string of the molecule is CC(C)c1ccc(C2(C)NC(=O)N(CC(=O)NC3CCCCCC3)C2=O)cc1. The third-order valence-electron chi connectivity index (χ3n) is 5.95. The summed E-state index contributed by atoms with van der Waals surface area (Å²) in [6.45, 7) is 5.67. The molecule has 152 valence electrons. The van der Waals surface area contributed by atoms with E-state index in [2.05, 4.69) is 24.5 Å². The lowest BCUT2D eigenvalue weighted by molar-refractivity contribution is -0.135.